The summed E-state index contributed by atoms with van der Waals surface area (Å²) in [6.07, 6.45) is 0. The third-order valence-electron chi connectivity index (χ3n) is 3.74. The Morgan fingerprint density at radius 3 is 2.40 bits per heavy atom. The molecule has 1 atom stereocenters. The average Bonchev–Trinajstić information content (AvgIpc) is 2.59. The Bertz CT molecular complexity index is 745. The van der Waals surface area contributed by atoms with E-state index < -0.39 is 0 Å². The van der Waals surface area contributed by atoms with E-state index in [0.717, 1.165) is 5.56 Å². The largest absolute Gasteiger partial charge is 0.345 e. The summed E-state index contributed by atoms with van der Waals surface area (Å²) in [5.41, 5.74) is 2.25. The summed E-state index contributed by atoms with van der Waals surface area (Å²) in [5, 5.41) is 6.63. The molecule has 6 heteroatoms. The van der Waals surface area contributed by atoms with E-state index in [9.17, 15) is 9.59 Å². The van der Waals surface area contributed by atoms with Gasteiger partial charge in [-0.05, 0) is 48.9 Å². The van der Waals surface area contributed by atoms with Gasteiger partial charge in [-0.3, -0.25) is 9.59 Å². The Kier molecular flexibility index (Phi) is 6.56. The predicted molar refractivity (Wildman–Crippen MR) is 101 cm³/mol. The van der Waals surface area contributed by atoms with Crippen molar-refractivity contribution in [1.82, 2.24) is 10.2 Å². The summed E-state index contributed by atoms with van der Waals surface area (Å²) in [5.74, 6) is -0.226. The highest BCUT2D eigenvalue weighted by Gasteiger charge is 2.10. The Hall–Kier alpha value is -2.37. The Labute approximate surface area is 153 Å². The molecule has 5 nitrogen and oxygen atoms in total. The second-order valence-corrected chi connectivity index (χ2v) is 6.42. The number of nitrogens with zero attached hydrogens (tertiary/aromatic N) is 1. The number of carbonyl (C=O) groups is 2. The molecule has 0 spiro atoms. The normalized spacial score (nSPS) is 11.7. The molecule has 0 fully saturated rings. The summed E-state index contributed by atoms with van der Waals surface area (Å²) >= 11 is 5.98. The van der Waals surface area contributed by atoms with Gasteiger partial charge < -0.3 is 15.5 Å². The zero-order chi connectivity index (χ0) is 18.4. The highest BCUT2D eigenvalue weighted by atomic mass is 35.5. The Morgan fingerprint density at radius 1 is 1.12 bits per heavy atom. The van der Waals surface area contributed by atoms with Crippen LogP contribution in [-0.4, -0.2) is 37.4 Å². The molecule has 0 aromatic heterocycles. The van der Waals surface area contributed by atoms with Crippen LogP contribution in [0.25, 0.3) is 0 Å². The molecule has 2 amide bonds. The topological polar surface area (TPSA) is 61.4 Å². The zero-order valence-electron chi connectivity index (χ0n) is 14.5. The lowest BCUT2D eigenvalue weighted by Crippen LogP contribution is -2.30. The van der Waals surface area contributed by atoms with Gasteiger partial charge in [-0.1, -0.05) is 23.7 Å². The summed E-state index contributed by atoms with van der Waals surface area (Å²) in [4.78, 5) is 25.4. The number of benzene rings is 2. The van der Waals surface area contributed by atoms with Crippen LogP contribution in [0.4, 0.5) is 5.69 Å². The fourth-order valence-corrected chi connectivity index (χ4v) is 2.50. The van der Waals surface area contributed by atoms with E-state index in [0.29, 0.717) is 16.3 Å². The van der Waals surface area contributed by atoms with Crippen LogP contribution in [0.1, 0.15) is 28.9 Å². The molecule has 25 heavy (non-hydrogen) atoms. The predicted octanol–water partition coefficient (Wildman–Crippen LogP) is 3.33. The Morgan fingerprint density at radius 2 is 1.80 bits per heavy atom. The van der Waals surface area contributed by atoms with E-state index in [1.807, 2.05) is 31.2 Å². The molecule has 2 aromatic rings. The molecule has 2 aromatic carbocycles. The lowest BCUT2D eigenvalue weighted by molar-refractivity contribution is -0.115. The molecule has 0 radical (unpaired) electrons. The second kappa shape index (κ2) is 8.65. The third kappa shape index (κ3) is 5.59. The molecular formula is C19H22ClN3O2. The minimum absolute atomic E-state index is 0.00420. The number of carbonyl (C=O) groups excluding carboxylic acids is 2. The van der Waals surface area contributed by atoms with E-state index in [4.69, 9.17) is 11.6 Å². The smallest absolute Gasteiger partial charge is 0.253 e. The molecule has 0 saturated carbocycles. The molecule has 0 bridgehead atoms. The molecule has 2 N–H and O–H groups in total. The molecule has 0 aliphatic heterocycles. The highest BCUT2D eigenvalue weighted by Crippen LogP contribution is 2.17. The van der Waals surface area contributed by atoms with Gasteiger partial charge in [0.1, 0.15) is 0 Å². The second-order valence-electron chi connectivity index (χ2n) is 5.98. The number of halogens is 1. The number of rotatable bonds is 6. The van der Waals surface area contributed by atoms with Crippen molar-refractivity contribution in [2.45, 2.75) is 13.0 Å². The summed E-state index contributed by atoms with van der Waals surface area (Å²) in [7, 11) is 3.40. The van der Waals surface area contributed by atoms with Crippen molar-refractivity contribution < 1.29 is 9.59 Å². The van der Waals surface area contributed by atoms with E-state index in [1.54, 1.807) is 38.4 Å². The maximum absolute atomic E-state index is 12.1. The molecule has 2 rings (SSSR count). The van der Waals surface area contributed by atoms with Crippen LogP contribution < -0.4 is 10.6 Å². The Balaban J connectivity index is 1.87. The standard InChI is InChI=1S/C19H22ClN3O2/c1-13(15-5-4-6-16(20)11-15)21-12-18(24)22-17-9-7-14(8-10-17)19(25)23(2)3/h4-11,13,21H,12H2,1-3H3,(H,22,24)/t13-/m1/s1. The maximum Gasteiger partial charge on any atom is 0.253 e. The number of nitrogens with one attached hydrogen (secondary N) is 2. The first-order valence-corrected chi connectivity index (χ1v) is 8.35. The van der Waals surface area contributed by atoms with Crippen molar-refractivity contribution in [2.24, 2.45) is 0 Å². The number of hydrogen-bond donors (Lipinski definition) is 2. The molecule has 132 valence electrons. The van der Waals surface area contributed by atoms with Crippen LogP contribution in [0, 0.1) is 0 Å². The van der Waals surface area contributed by atoms with Gasteiger partial charge in [-0.25, -0.2) is 0 Å². The molecule has 0 unspecified atom stereocenters. The average molecular weight is 360 g/mol. The quantitative estimate of drug-likeness (QED) is 0.831. The molecule has 0 heterocycles. The van der Waals surface area contributed by atoms with Gasteiger partial charge in [0, 0.05) is 36.4 Å². The lowest BCUT2D eigenvalue weighted by atomic mass is 10.1. The monoisotopic (exact) mass is 359 g/mol. The minimum atomic E-state index is -0.152. The van der Waals surface area contributed by atoms with E-state index in [1.165, 1.54) is 4.90 Å². The number of amides is 2. The van der Waals surface area contributed by atoms with Crippen LogP contribution >= 0.6 is 11.6 Å². The van der Waals surface area contributed by atoms with Gasteiger partial charge in [0.05, 0.1) is 6.54 Å². The first kappa shape index (κ1) is 19.0. The lowest BCUT2D eigenvalue weighted by Gasteiger charge is -2.15. The van der Waals surface area contributed by atoms with Gasteiger partial charge in [-0.15, -0.1) is 0 Å². The van der Waals surface area contributed by atoms with E-state index in [2.05, 4.69) is 10.6 Å². The van der Waals surface area contributed by atoms with Crippen LogP contribution in [0.5, 0.6) is 0 Å². The molecular weight excluding hydrogens is 338 g/mol. The zero-order valence-corrected chi connectivity index (χ0v) is 15.3. The van der Waals surface area contributed by atoms with Crippen LogP contribution in [0.2, 0.25) is 5.02 Å². The molecule has 0 saturated heterocycles. The van der Waals surface area contributed by atoms with Crippen molar-refractivity contribution in [1.29, 1.82) is 0 Å². The van der Waals surface area contributed by atoms with Gasteiger partial charge in [0.25, 0.3) is 5.91 Å². The third-order valence-corrected chi connectivity index (χ3v) is 3.97. The molecule has 0 aliphatic rings. The maximum atomic E-state index is 12.1. The van der Waals surface area contributed by atoms with Gasteiger partial charge in [0.2, 0.25) is 5.91 Å². The van der Waals surface area contributed by atoms with Crippen molar-refractivity contribution in [3.05, 3.63) is 64.7 Å². The number of hydrogen-bond acceptors (Lipinski definition) is 3. The van der Waals surface area contributed by atoms with Gasteiger partial charge in [0.15, 0.2) is 0 Å². The first-order chi connectivity index (χ1) is 11.9. The van der Waals surface area contributed by atoms with Crippen LogP contribution in [0.3, 0.4) is 0 Å². The fraction of sp³-hybridized carbons (Fsp3) is 0.263. The summed E-state index contributed by atoms with van der Waals surface area (Å²) < 4.78 is 0. The SMILES string of the molecule is C[C@@H](NCC(=O)Nc1ccc(C(=O)N(C)C)cc1)c1cccc(Cl)c1. The summed E-state index contributed by atoms with van der Waals surface area (Å²) in [6, 6.07) is 14.4. The van der Waals surface area contributed by atoms with Gasteiger partial charge >= 0.3 is 0 Å². The first-order valence-electron chi connectivity index (χ1n) is 7.97. The van der Waals surface area contributed by atoms with E-state index >= 15 is 0 Å². The van der Waals surface area contributed by atoms with Crippen molar-refractivity contribution in [3.8, 4) is 0 Å². The van der Waals surface area contributed by atoms with E-state index in [-0.39, 0.29) is 24.4 Å². The van der Waals surface area contributed by atoms with Crippen LogP contribution in [-0.2, 0) is 4.79 Å². The number of anilines is 1. The van der Waals surface area contributed by atoms with Crippen LogP contribution in [0.15, 0.2) is 48.5 Å². The minimum Gasteiger partial charge on any atom is -0.345 e. The van der Waals surface area contributed by atoms with Crippen molar-refractivity contribution in [3.63, 3.8) is 0 Å². The van der Waals surface area contributed by atoms with Crippen molar-refractivity contribution in [2.75, 3.05) is 26.0 Å². The van der Waals surface area contributed by atoms with Crippen molar-refractivity contribution >= 4 is 29.1 Å². The fourth-order valence-electron chi connectivity index (χ4n) is 2.30. The van der Waals surface area contributed by atoms with Gasteiger partial charge in [-0.2, -0.15) is 0 Å². The molecule has 0 aliphatic carbocycles. The highest BCUT2D eigenvalue weighted by molar-refractivity contribution is 6.30. The summed E-state index contributed by atoms with van der Waals surface area (Å²) in [6.45, 7) is 2.15.